The third kappa shape index (κ3) is 1.42. The average molecular weight is 242 g/mol. The molecule has 2 rings (SSSR count). The van der Waals surface area contributed by atoms with E-state index in [9.17, 15) is 4.79 Å². The second-order valence-corrected chi connectivity index (χ2v) is 3.72. The average Bonchev–Trinajstić information content (AvgIpc) is 2.09. The summed E-state index contributed by atoms with van der Waals surface area (Å²) in [4.78, 5) is 11.3. The predicted octanol–water partition coefficient (Wildman–Crippen LogP) is 2.17. The molecule has 0 saturated carbocycles. The zero-order valence-corrected chi connectivity index (χ0v) is 8.59. The van der Waals surface area contributed by atoms with Gasteiger partial charge in [0.1, 0.15) is 5.75 Å². The quantitative estimate of drug-likeness (QED) is 0.757. The highest BCUT2D eigenvalue weighted by molar-refractivity contribution is 9.10. The Bertz CT molecular complexity index is 365. The highest BCUT2D eigenvalue weighted by Crippen LogP contribution is 2.35. The van der Waals surface area contributed by atoms with Crippen molar-refractivity contribution in [1.29, 1.82) is 0 Å². The Balaban J connectivity index is 2.48. The van der Waals surface area contributed by atoms with Crippen molar-refractivity contribution in [3.8, 4) is 5.75 Å². The SMILES string of the molecule is C[C@@H]1Oc2cccc(Br)c2NC1=O. The fraction of sp³-hybridized carbons (Fsp3) is 0.222. The van der Waals surface area contributed by atoms with E-state index in [1.807, 2.05) is 18.2 Å². The van der Waals surface area contributed by atoms with Gasteiger partial charge in [0, 0.05) is 4.47 Å². The standard InChI is InChI=1S/C9H8BrNO2/c1-5-9(12)11-8-6(10)3-2-4-7(8)13-5/h2-5H,1H3,(H,11,12)/t5-/m0/s1. The van der Waals surface area contributed by atoms with Crippen LogP contribution in [-0.2, 0) is 4.79 Å². The van der Waals surface area contributed by atoms with Gasteiger partial charge in [-0.05, 0) is 35.0 Å². The number of hydrogen-bond donors (Lipinski definition) is 1. The van der Waals surface area contributed by atoms with Gasteiger partial charge in [-0.25, -0.2) is 0 Å². The normalized spacial score (nSPS) is 20.2. The molecule has 0 bridgehead atoms. The van der Waals surface area contributed by atoms with E-state index in [0.717, 1.165) is 4.47 Å². The fourth-order valence-corrected chi connectivity index (χ4v) is 1.64. The maximum atomic E-state index is 11.3. The van der Waals surface area contributed by atoms with E-state index in [1.165, 1.54) is 0 Å². The maximum Gasteiger partial charge on any atom is 0.265 e. The number of anilines is 1. The van der Waals surface area contributed by atoms with Gasteiger partial charge in [-0.3, -0.25) is 4.79 Å². The monoisotopic (exact) mass is 241 g/mol. The summed E-state index contributed by atoms with van der Waals surface area (Å²) in [5.74, 6) is 0.598. The molecule has 0 radical (unpaired) electrons. The zero-order valence-electron chi connectivity index (χ0n) is 7.00. The number of hydrogen-bond acceptors (Lipinski definition) is 2. The lowest BCUT2D eigenvalue weighted by Gasteiger charge is -2.23. The molecule has 1 aliphatic heterocycles. The van der Waals surface area contributed by atoms with Gasteiger partial charge in [0.15, 0.2) is 6.10 Å². The highest BCUT2D eigenvalue weighted by atomic mass is 79.9. The summed E-state index contributed by atoms with van der Waals surface area (Å²) in [6, 6.07) is 5.56. The Hall–Kier alpha value is -1.03. The summed E-state index contributed by atoms with van der Waals surface area (Å²) in [5.41, 5.74) is 0.714. The van der Waals surface area contributed by atoms with Crippen molar-refractivity contribution in [2.24, 2.45) is 0 Å². The van der Waals surface area contributed by atoms with E-state index in [0.29, 0.717) is 11.4 Å². The summed E-state index contributed by atoms with van der Waals surface area (Å²) in [5, 5.41) is 2.77. The number of para-hydroxylation sites is 1. The van der Waals surface area contributed by atoms with Gasteiger partial charge in [-0.1, -0.05) is 6.07 Å². The number of nitrogens with one attached hydrogen (secondary N) is 1. The van der Waals surface area contributed by atoms with E-state index in [-0.39, 0.29) is 5.91 Å². The van der Waals surface area contributed by atoms with Gasteiger partial charge in [0.2, 0.25) is 0 Å². The summed E-state index contributed by atoms with van der Waals surface area (Å²) in [6.45, 7) is 1.72. The first-order valence-corrected chi connectivity index (χ1v) is 4.74. The first-order valence-electron chi connectivity index (χ1n) is 3.94. The largest absolute Gasteiger partial charge is 0.479 e. The van der Waals surface area contributed by atoms with Gasteiger partial charge in [0.25, 0.3) is 5.91 Å². The van der Waals surface area contributed by atoms with E-state index >= 15 is 0 Å². The van der Waals surface area contributed by atoms with Gasteiger partial charge < -0.3 is 10.1 Å². The Labute approximate surface area is 84.2 Å². The first kappa shape index (κ1) is 8.56. The van der Waals surface area contributed by atoms with E-state index < -0.39 is 6.10 Å². The lowest BCUT2D eigenvalue weighted by atomic mass is 10.2. The summed E-state index contributed by atoms with van der Waals surface area (Å²) in [6.07, 6.45) is -0.415. The van der Waals surface area contributed by atoms with Gasteiger partial charge in [0.05, 0.1) is 5.69 Å². The molecule has 1 amide bonds. The molecule has 0 spiro atoms. The minimum Gasteiger partial charge on any atom is -0.479 e. The van der Waals surface area contributed by atoms with E-state index in [1.54, 1.807) is 6.92 Å². The molecule has 0 aliphatic carbocycles. The fourth-order valence-electron chi connectivity index (χ4n) is 1.19. The number of carbonyl (C=O) groups is 1. The molecule has 13 heavy (non-hydrogen) atoms. The van der Waals surface area contributed by atoms with Crippen LogP contribution in [0.15, 0.2) is 22.7 Å². The molecule has 1 N–H and O–H groups in total. The minimum absolute atomic E-state index is 0.112. The lowest BCUT2D eigenvalue weighted by molar-refractivity contribution is -0.122. The number of ether oxygens (including phenoxy) is 1. The molecule has 0 aromatic heterocycles. The van der Waals surface area contributed by atoms with Crippen molar-refractivity contribution in [2.45, 2.75) is 13.0 Å². The van der Waals surface area contributed by atoms with Crippen LogP contribution in [0.4, 0.5) is 5.69 Å². The summed E-state index contributed by atoms with van der Waals surface area (Å²) < 4.78 is 6.22. The van der Waals surface area contributed by atoms with Crippen LogP contribution < -0.4 is 10.1 Å². The molecular formula is C9H8BrNO2. The third-order valence-electron chi connectivity index (χ3n) is 1.90. The molecule has 1 atom stereocenters. The number of benzene rings is 1. The van der Waals surface area contributed by atoms with E-state index in [2.05, 4.69) is 21.2 Å². The molecule has 1 heterocycles. The number of rotatable bonds is 0. The van der Waals surface area contributed by atoms with Crippen molar-refractivity contribution < 1.29 is 9.53 Å². The van der Waals surface area contributed by atoms with Gasteiger partial charge in [-0.15, -0.1) is 0 Å². The van der Waals surface area contributed by atoms with Crippen molar-refractivity contribution in [2.75, 3.05) is 5.32 Å². The Morgan fingerprint density at radius 2 is 2.31 bits per heavy atom. The molecule has 4 heteroatoms. The van der Waals surface area contributed by atoms with Crippen molar-refractivity contribution in [3.63, 3.8) is 0 Å². The molecule has 3 nitrogen and oxygen atoms in total. The molecular weight excluding hydrogens is 234 g/mol. The molecule has 1 aromatic rings. The second-order valence-electron chi connectivity index (χ2n) is 2.86. The molecule has 0 unspecified atom stereocenters. The number of halogens is 1. The Kier molecular flexibility index (Phi) is 2.00. The summed E-state index contributed by atoms with van der Waals surface area (Å²) in [7, 11) is 0. The second kappa shape index (κ2) is 3.03. The number of carbonyl (C=O) groups excluding carboxylic acids is 1. The van der Waals surface area contributed by atoms with Crippen LogP contribution in [0.2, 0.25) is 0 Å². The van der Waals surface area contributed by atoms with Crippen LogP contribution in [0.1, 0.15) is 6.92 Å². The van der Waals surface area contributed by atoms with Crippen LogP contribution in [0.25, 0.3) is 0 Å². The third-order valence-corrected chi connectivity index (χ3v) is 2.56. The molecule has 0 fully saturated rings. The van der Waals surface area contributed by atoms with Crippen LogP contribution in [0.3, 0.4) is 0 Å². The lowest BCUT2D eigenvalue weighted by Crippen LogP contribution is -2.34. The van der Waals surface area contributed by atoms with Gasteiger partial charge in [-0.2, -0.15) is 0 Å². The van der Waals surface area contributed by atoms with Crippen LogP contribution >= 0.6 is 15.9 Å². The smallest absolute Gasteiger partial charge is 0.265 e. The van der Waals surface area contributed by atoms with Crippen LogP contribution in [0.5, 0.6) is 5.75 Å². The topological polar surface area (TPSA) is 38.3 Å². The van der Waals surface area contributed by atoms with Crippen molar-refractivity contribution in [3.05, 3.63) is 22.7 Å². The minimum atomic E-state index is -0.415. The van der Waals surface area contributed by atoms with Crippen LogP contribution in [0, 0.1) is 0 Å². The maximum absolute atomic E-state index is 11.3. The highest BCUT2D eigenvalue weighted by Gasteiger charge is 2.24. The Morgan fingerprint density at radius 1 is 1.54 bits per heavy atom. The van der Waals surface area contributed by atoms with Crippen molar-refractivity contribution >= 4 is 27.5 Å². The Morgan fingerprint density at radius 3 is 3.08 bits per heavy atom. The molecule has 0 saturated heterocycles. The van der Waals surface area contributed by atoms with Crippen molar-refractivity contribution in [1.82, 2.24) is 0 Å². The zero-order chi connectivity index (χ0) is 9.42. The predicted molar refractivity (Wildman–Crippen MR) is 52.9 cm³/mol. The van der Waals surface area contributed by atoms with E-state index in [4.69, 9.17) is 4.74 Å². The molecule has 1 aliphatic rings. The first-order chi connectivity index (χ1) is 6.18. The number of fused-ring (bicyclic) bond motifs is 1. The van der Waals surface area contributed by atoms with Crippen LogP contribution in [-0.4, -0.2) is 12.0 Å². The molecule has 68 valence electrons. The van der Waals surface area contributed by atoms with Gasteiger partial charge >= 0.3 is 0 Å². The molecule has 1 aromatic carbocycles. The summed E-state index contributed by atoms with van der Waals surface area (Å²) >= 11 is 3.33. The number of amides is 1.